The van der Waals surface area contributed by atoms with Gasteiger partial charge in [0.25, 0.3) is 0 Å². The van der Waals surface area contributed by atoms with Gasteiger partial charge >= 0.3 is 0 Å². The second-order valence-corrected chi connectivity index (χ2v) is 20.1. The lowest BCUT2D eigenvalue weighted by atomic mass is 9.67. The standard InChI is InChI=1S/C50H28F4N4O2S3/c51-34-15-27-29(17-36(34)53)44(59)31(39(27)23(19-55)20-56)11-25-13-33-46(61-25)41-42(49(33)7-3-1-4-8-49)48-43(50(41)9-5-2-6-10-50)47-38(63-48)14-26(62-47)12-32-40(24(21-57)22-58)28-16-35(52)37(54)18-30(28)45(32)60/h11-18H,1-10H2/b31-11-,32-12+. The van der Waals surface area contributed by atoms with Crippen molar-refractivity contribution in [3.63, 3.8) is 0 Å². The first-order valence-electron chi connectivity index (χ1n) is 20.6. The van der Waals surface area contributed by atoms with Crippen LogP contribution in [0.25, 0.3) is 43.8 Å². The van der Waals surface area contributed by atoms with Crippen molar-refractivity contribution in [2.24, 2.45) is 0 Å². The number of carbonyl (C=O) groups excluding carboxylic acids is 2. The number of carbonyl (C=O) groups is 2. The quantitative estimate of drug-likeness (QED) is 0.0986. The number of nitrogens with zero attached hydrogens (tertiary/aromatic N) is 4. The molecule has 306 valence electrons. The van der Waals surface area contributed by atoms with Gasteiger partial charge in [-0.3, -0.25) is 9.59 Å². The third-order valence-electron chi connectivity index (χ3n) is 13.9. The third kappa shape index (κ3) is 5.28. The van der Waals surface area contributed by atoms with Gasteiger partial charge in [0.1, 0.15) is 35.4 Å². The predicted octanol–water partition coefficient (Wildman–Crippen LogP) is 13.1. The summed E-state index contributed by atoms with van der Waals surface area (Å²) >= 11 is 4.84. The lowest BCUT2D eigenvalue weighted by Gasteiger charge is -2.37. The second kappa shape index (κ2) is 14.0. The van der Waals surface area contributed by atoms with E-state index in [0.717, 1.165) is 108 Å². The van der Waals surface area contributed by atoms with Crippen LogP contribution in [0.5, 0.6) is 0 Å². The van der Waals surface area contributed by atoms with Gasteiger partial charge in [0, 0.05) is 68.5 Å². The molecule has 2 fully saturated rings. The first-order chi connectivity index (χ1) is 30.5. The van der Waals surface area contributed by atoms with Crippen molar-refractivity contribution in [1.29, 1.82) is 21.0 Å². The van der Waals surface area contributed by atoms with E-state index in [1.807, 2.05) is 30.3 Å². The molecule has 0 atom stereocenters. The fraction of sp³-hybridized carbons (Fsp3) is 0.240. The number of benzene rings is 2. The molecule has 5 aromatic rings. The van der Waals surface area contributed by atoms with E-state index in [1.165, 1.54) is 38.5 Å². The van der Waals surface area contributed by atoms with Crippen LogP contribution in [0.4, 0.5) is 17.6 Å². The van der Waals surface area contributed by atoms with Crippen molar-refractivity contribution in [2.75, 3.05) is 0 Å². The number of hydrogen-bond acceptors (Lipinski definition) is 9. The Morgan fingerprint density at radius 1 is 0.540 bits per heavy atom. The topological polar surface area (TPSA) is 129 Å². The number of rotatable bonds is 2. The summed E-state index contributed by atoms with van der Waals surface area (Å²) < 4.78 is 60.2. The van der Waals surface area contributed by atoms with Gasteiger partial charge in [-0.15, -0.1) is 34.0 Å². The third-order valence-corrected chi connectivity index (χ3v) is 17.4. The molecule has 0 aliphatic heterocycles. The lowest BCUT2D eigenvalue weighted by molar-refractivity contribution is 0.103. The van der Waals surface area contributed by atoms with E-state index in [2.05, 4.69) is 6.07 Å². The Hall–Kier alpha value is -6.48. The Labute approximate surface area is 369 Å². The molecule has 0 N–H and O–H groups in total. The molecule has 0 saturated heterocycles. The van der Waals surface area contributed by atoms with Crippen LogP contribution >= 0.6 is 34.0 Å². The van der Waals surface area contributed by atoms with Crippen molar-refractivity contribution in [3.05, 3.63) is 135 Å². The highest BCUT2D eigenvalue weighted by molar-refractivity contribution is 7.29. The molecule has 0 radical (unpaired) electrons. The number of fused-ring (bicyclic) bond motifs is 12. The zero-order valence-corrected chi connectivity index (χ0v) is 35.5. The van der Waals surface area contributed by atoms with Crippen molar-refractivity contribution >= 4 is 89.4 Å². The van der Waals surface area contributed by atoms with Crippen molar-refractivity contribution in [2.45, 2.75) is 75.0 Å². The molecular weight excluding hydrogens is 861 g/mol. The Morgan fingerprint density at radius 3 is 1.48 bits per heavy atom. The van der Waals surface area contributed by atoms with Crippen molar-refractivity contribution in [1.82, 2.24) is 0 Å². The van der Waals surface area contributed by atoms with Gasteiger partial charge in [-0.1, -0.05) is 38.5 Å². The zero-order valence-electron chi connectivity index (χ0n) is 33.0. The maximum absolute atomic E-state index is 14.6. The molecule has 6 aliphatic carbocycles. The summed E-state index contributed by atoms with van der Waals surface area (Å²) in [6, 6.07) is 15.0. The molecule has 0 bridgehead atoms. The van der Waals surface area contributed by atoms with Crippen LogP contribution in [0.2, 0.25) is 0 Å². The maximum Gasteiger partial charge on any atom is 0.194 e. The Kier molecular flexibility index (Phi) is 8.76. The van der Waals surface area contributed by atoms with E-state index < -0.39 is 34.8 Å². The number of ketones is 2. The summed E-state index contributed by atoms with van der Waals surface area (Å²) in [5.74, 6) is -5.93. The second-order valence-electron chi connectivity index (χ2n) is 16.9. The zero-order chi connectivity index (χ0) is 43.7. The van der Waals surface area contributed by atoms with E-state index in [9.17, 15) is 48.2 Å². The molecule has 6 aliphatic rings. The molecule has 3 heterocycles. The minimum absolute atomic E-state index is 0.000930. The summed E-state index contributed by atoms with van der Waals surface area (Å²) in [6.45, 7) is 0. The molecule has 6 nitrogen and oxygen atoms in total. The predicted molar refractivity (Wildman–Crippen MR) is 234 cm³/mol. The van der Waals surface area contributed by atoms with Crippen LogP contribution in [-0.4, -0.2) is 11.6 Å². The first-order valence-corrected chi connectivity index (χ1v) is 23.0. The summed E-state index contributed by atoms with van der Waals surface area (Å²) in [6.07, 6.45) is 13.3. The normalized spacial score (nSPS) is 19.9. The number of halogens is 4. The van der Waals surface area contributed by atoms with Gasteiger partial charge in [-0.05, 0) is 108 Å². The van der Waals surface area contributed by atoms with Crippen molar-refractivity contribution in [3.8, 4) is 24.3 Å². The van der Waals surface area contributed by atoms with Crippen LogP contribution in [0, 0.1) is 68.6 Å². The Balaban J connectivity index is 1.08. The van der Waals surface area contributed by atoms with Crippen LogP contribution < -0.4 is 0 Å². The fourth-order valence-corrected chi connectivity index (χ4v) is 15.7. The minimum Gasteiger partial charge on any atom is -0.289 e. The van der Waals surface area contributed by atoms with Crippen LogP contribution in [0.3, 0.4) is 0 Å². The van der Waals surface area contributed by atoms with Gasteiger partial charge in [0.2, 0.25) is 0 Å². The van der Waals surface area contributed by atoms with E-state index in [1.54, 1.807) is 34.8 Å². The number of Topliss-reactive ketones (excluding diaryl/α,β-unsaturated/α-hetero) is 2. The maximum atomic E-state index is 14.6. The summed E-state index contributed by atoms with van der Waals surface area (Å²) in [5, 5.41) is 39.6. The lowest BCUT2D eigenvalue weighted by Crippen LogP contribution is -2.28. The molecule has 11 rings (SSSR count). The van der Waals surface area contributed by atoms with E-state index in [-0.39, 0.29) is 66.5 Å². The van der Waals surface area contributed by atoms with E-state index in [4.69, 9.17) is 0 Å². The monoisotopic (exact) mass is 888 g/mol. The van der Waals surface area contributed by atoms with Gasteiger partial charge in [-0.25, -0.2) is 17.6 Å². The van der Waals surface area contributed by atoms with Gasteiger partial charge in [0.05, 0.1) is 4.70 Å². The Bertz CT molecular complexity index is 3350. The highest BCUT2D eigenvalue weighted by Crippen LogP contribution is 2.73. The fourth-order valence-electron chi connectivity index (χ4n) is 11.4. The van der Waals surface area contributed by atoms with Crippen LogP contribution in [0.1, 0.15) is 127 Å². The Morgan fingerprint density at radius 2 is 0.984 bits per heavy atom. The highest BCUT2D eigenvalue weighted by Gasteiger charge is 2.59. The molecule has 2 saturated carbocycles. The number of nitriles is 4. The largest absolute Gasteiger partial charge is 0.289 e. The van der Waals surface area contributed by atoms with E-state index >= 15 is 0 Å². The van der Waals surface area contributed by atoms with Gasteiger partial charge in [-0.2, -0.15) is 21.0 Å². The van der Waals surface area contributed by atoms with Gasteiger partial charge in [0.15, 0.2) is 34.8 Å². The molecule has 2 aromatic carbocycles. The minimum atomic E-state index is -1.20. The average Bonchev–Trinajstić information content (AvgIpc) is 4.13. The summed E-state index contributed by atoms with van der Waals surface area (Å²) in [7, 11) is 0. The summed E-state index contributed by atoms with van der Waals surface area (Å²) in [4.78, 5) is 31.6. The number of thiophene rings is 3. The van der Waals surface area contributed by atoms with Crippen LogP contribution in [-0.2, 0) is 10.8 Å². The molecule has 63 heavy (non-hydrogen) atoms. The molecule has 0 amide bonds. The van der Waals surface area contributed by atoms with E-state index in [0.29, 0.717) is 4.88 Å². The molecule has 0 unspecified atom stereocenters. The smallest absolute Gasteiger partial charge is 0.194 e. The molecule has 3 aromatic heterocycles. The number of allylic oxidation sites excluding steroid dienone is 8. The molecule has 2 spiro atoms. The number of hydrogen-bond donors (Lipinski definition) is 0. The SMILES string of the molecule is N#CC(C#N)=C1/C(=C/c2cc3c(s2)C2=C(c4sc5cc(/C=C6/C(=O)c7cc(F)c(F)cc7C6=C(C#N)C#N)sc5c4C24CCCCC4)C32CCCCC2)C(=O)c2cc(F)c(F)cc21. The highest BCUT2D eigenvalue weighted by atomic mass is 32.1. The van der Waals surface area contributed by atoms with Gasteiger partial charge < -0.3 is 0 Å². The average molecular weight is 889 g/mol. The van der Waals surface area contributed by atoms with Crippen LogP contribution in [0.15, 0.2) is 58.7 Å². The molecular formula is C50H28F4N4O2S3. The summed E-state index contributed by atoms with van der Waals surface area (Å²) in [5.41, 5.74) is 3.74. The first kappa shape index (κ1) is 39.4. The molecule has 13 heteroatoms. The van der Waals surface area contributed by atoms with Crippen molar-refractivity contribution < 1.29 is 27.2 Å².